The van der Waals surface area contributed by atoms with Crippen molar-refractivity contribution in [3.63, 3.8) is 0 Å². The van der Waals surface area contributed by atoms with Crippen molar-refractivity contribution >= 4 is 5.82 Å². The second kappa shape index (κ2) is 5.32. The zero-order chi connectivity index (χ0) is 13.1. The van der Waals surface area contributed by atoms with Crippen LogP contribution in [0.25, 0.3) is 11.3 Å². The van der Waals surface area contributed by atoms with Crippen LogP contribution in [0, 0.1) is 5.82 Å². The van der Waals surface area contributed by atoms with Crippen LogP contribution in [0.3, 0.4) is 0 Å². The minimum Gasteiger partial charge on any atom is -0.353 e. The van der Waals surface area contributed by atoms with Crippen molar-refractivity contribution in [2.24, 2.45) is 0 Å². The first-order chi connectivity index (χ1) is 9.33. The predicted octanol–water partition coefficient (Wildman–Crippen LogP) is 1.69. The molecule has 0 unspecified atom stereocenters. The van der Waals surface area contributed by atoms with E-state index in [2.05, 4.69) is 20.2 Å². The topological polar surface area (TPSA) is 41.1 Å². The number of rotatable bonds is 2. The summed E-state index contributed by atoms with van der Waals surface area (Å²) in [5, 5.41) is 3.30. The fraction of sp³-hybridized carbons (Fsp3) is 0.286. The van der Waals surface area contributed by atoms with Gasteiger partial charge in [-0.3, -0.25) is 4.98 Å². The maximum atomic E-state index is 12.9. The Morgan fingerprint density at radius 2 is 1.74 bits per heavy atom. The first kappa shape index (κ1) is 12.0. The van der Waals surface area contributed by atoms with Gasteiger partial charge in [0.05, 0.1) is 18.1 Å². The first-order valence-electron chi connectivity index (χ1n) is 6.36. The molecule has 19 heavy (non-hydrogen) atoms. The molecule has 1 aliphatic heterocycles. The standard InChI is InChI=1S/C14H15FN4/c15-12-3-1-11(2-4-12)13-9-18-14(10-17-13)19-7-5-16-6-8-19/h1-4,9-10,16H,5-8H2. The van der Waals surface area contributed by atoms with E-state index in [-0.39, 0.29) is 5.82 Å². The van der Waals surface area contributed by atoms with Crippen molar-refractivity contribution in [2.75, 3.05) is 31.1 Å². The fourth-order valence-electron chi connectivity index (χ4n) is 2.15. The van der Waals surface area contributed by atoms with Crippen molar-refractivity contribution in [1.82, 2.24) is 15.3 Å². The Balaban J connectivity index is 1.80. The molecular formula is C14H15FN4. The smallest absolute Gasteiger partial charge is 0.147 e. The molecule has 1 N–H and O–H groups in total. The van der Waals surface area contributed by atoms with Gasteiger partial charge in [0.15, 0.2) is 0 Å². The third kappa shape index (κ3) is 2.71. The summed E-state index contributed by atoms with van der Waals surface area (Å²) in [4.78, 5) is 11.1. The van der Waals surface area contributed by atoms with Gasteiger partial charge in [0.1, 0.15) is 11.6 Å². The molecular weight excluding hydrogens is 243 g/mol. The summed E-state index contributed by atoms with van der Waals surface area (Å²) in [5.41, 5.74) is 1.64. The number of nitrogens with one attached hydrogen (secondary N) is 1. The van der Waals surface area contributed by atoms with E-state index in [1.165, 1.54) is 12.1 Å². The molecule has 0 spiro atoms. The van der Waals surface area contributed by atoms with Crippen molar-refractivity contribution < 1.29 is 4.39 Å². The van der Waals surface area contributed by atoms with E-state index in [0.717, 1.165) is 43.3 Å². The molecule has 1 saturated heterocycles. The third-order valence-corrected chi connectivity index (χ3v) is 3.22. The van der Waals surface area contributed by atoms with E-state index in [4.69, 9.17) is 0 Å². The number of aromatic nitrogens is 2. The van der Waals surface area contributed by atoms with Gasteiger partial charge in [0, 0.05) is 31.7 Å². The minimum absolute atomic E-state index is 0.242. The molecule has 1 aliphatic rings. The van der Waals surface area contributed by atoms with Crippen LogP contribution in [0.4, 0.5) is 10.2 Å². The number of piperazine rings is 1. The Hall–Kier alpha value is -2.01. The highest BCUT2D eigenvalue weighted by atomic mass is 19.1. The summed E-state index contributed by atoms with van der Waals surface area (Å²) in [6.45, 7) is 3.85. The van der Waals surface area contributed by atoms with Gasteiger partial charge in [-0.15, -0.1) is 0 Å². The lowest BCUT2D eigenvalue weighted by Crippen LogP contribution is -2.43. The summed E-state index contributed by atoms with van der Waals surface area (Å²) in [5.74, 6) is 0.654. The minimum atomic E-state index is -0.242. The Bertz CT molecular complexity index is 532. The van der Waals surface area contributed by atoms with Crippen LogP contribution in [0.5, 0.6) is 0 Å². The molecule has 2 heterocycles. The van der Waals surface area contributed by atoms with Crippen LogP contribution in [-0.2, 0) is 0 Å². The van der Waals surface area contributed by atoms with Gasteiger partial charge >= 0.3 is 0 Å². The van der Waals surface area contributed by atoms with Gasteiger partial charge in [-0.25, -0.2) is 9.37 Å². The summed E-state index contributed by atoms with van der Waals surface area (Å²) in [7, 11) is 0. The summed E-state index contributed by atoms with van der Waals surface area (Å²) in [6, 6.07) is 6.29. The van der Waals surface area contributed by atoms with Crippen molar-refractivity contribution in [1.29, 1.82) is 0 Å². The molecule has 0 radical (unpaired) electrons. The molecule has 5 heteroatoms. The fourth-order valence-corrected chi connectivity index (χ4v) is 2.15. The number of benzene rings is 1. The number of hydrogen-bond acceptors (Lipinski definition) is 4. The van der Waals surface area contributed by atoms with Gasteiger partial charge < -0.3 is 10.2 Å². The normalized spacial score (nSPS) is 15.5. The molecule has 98 valence electrons. The number of nitrogens with zero attached hydrogens (tertiary/aromatic N) is 3. The molecule has 3 rings (SSSR count). The Kier molecular flexibility index (Phi) is 3.37. The molecule has 0 atom stereocenters. The van der Waals surface area contributed by atoms with E-state index in [1.54, 1.807) is 24.5 Å². The SMILES string of the molecule is Fc1ccc(-c2cnc(N3CCNCC3)cn2)cc1. The average Bonchev–Trinajstić information content (AvgIpc) is 2.49. The second-order valence-electron chi connectivity index (χ2n) is 4.50. The first-order valence-corrected chi connectivity index (χ1v) is 6.36. The lowest BCUT2D eigenvalue weighted by Gasteiger charge is -2.28. The highest BCUT2D eigenvalue weighted by Gasteiger charge is 2.12. The molecule has 1 fully saturated rings. The van der Waals surface area contributed by atoms with Crippen LogP contribution >= 0.6 is 0 Å². The maximum absolute atomic E-state index is 12.9. The van der Waals surface area contributed by atoms with Crippen molar-refractivity contribution in [3.8, 4) is 11.3 Å². The second-order valence-corrected chi connectivity index (χ2v) is 4.50. The van der Waals surface area contributed by atoms with Crippen molar-refractivity contribution in [2.45, 2.75) is 0 Å². The molecule has 4 nitrogen and oxygen atoms in total. The van der Waals surface area contributed by atoms with Crippen LogP contribution < -0.4 is 10.2 Å². The third-order valence-electron chi connectivity index (χ3n) is 3.22. The highest BCUT2D eigenvalue weighted by molar-refractivity contribution is 5.58. The summed E-state index contributed by atoms with van der Waals surface area (Å²) < 4.78 is 12.9. The summed E-state index contributed by atoms with van der Waals surface area (Å²) >= 11 is 0. The Morgan fingerprint density at radius 1 is 1.00 bits per heavy atom. The lowest BCUT2D eigenvalue weighted by atomic mass is 10.1. The molecule has 2 aromatic rings. The van der Waals surface area contributed by atoms with E-state index in [0.29, 0.717) is 0 Å². The number of anilines is 1. The average molecular weight is 258 g/mol. The highest BCUT2D eigenvalue weighted by Crippen LogP contribution is 2.18. The lowest BCUT2D eigenvalue weighted by molar-refractivity contribution is 0.584. The quantitative estimate of drug-likeness (QED) is 0.890. The molecule has 0 bridgehead atoms. The zero-order valence-corrected chi connectivity index (χ0v) is 10.5. The zero-order valence-electron chi connectivity index (χ0n) is 10.5. The van der Waals surface area contributed by atoms with Crippen LogP contribution in [-0.4, -0.2) is 36.1 Å². The molecule has 1 aromatic carbocycles. The molecule has 0 saturated carbocycles. The molecule has 0 aliphatic carbocycles. The van der Waals surface area contributed by atoms with Crippen LogP contribution in [0.2, 0.25) is 0 Å². The van der Waals surface area contributed by atoms with Gasteiger partial charge in [-0.05, 0) is 24.3 Å². The van der Waals surface area contributed by atoms with Crippen molar-refractivity contribution in [3.05, 3.63) is 42.5 Å². The van der Waals surface area contributed by atoms with Crippen LogP contribution in [0.15, 0.2) is 36.7 Å². The molecule has 1 aromatic heterocycles. The number of halogens is 1. The van der Waals surface area contributed by atoms with E-state index >= 15 is 0 Å². The predicted molar refractivity (Wildman–Crippen MR) is 72.5 cm³/mol. The number of hydrogen-bond donors (Lipinski definition) is 1. The van der Waals surface area contributed by atoms with Gasteiger partial charge in [-0.2, -0.15) is 0 Å². The Morgan fingerprint density at radius 3 is 2.37 bits per heavy atom. The largest absolute Gasteiger partial charge is 0.353 e. The monoisotopic (exact) mass is 258 g/mol. The van der Waals surface area contributed by atoms with Crippen LogP contribution in [0.1, 0.15) is 0 Å². The summed E-state index contributed by atoms with van der Waals surface area (Å²) in [6.07, 6.45) is 3.52. The Labute approximate surface area is 111 Å². The van der Waals surface area contributed by atoms with Gasteiger partial charge in [0.25, 0.3) is 0 Å². The van der Waals surface area contributed by atoms with E-state index < -0.39 is 0 Å². The maximum Gasteiger partial charge on any atom is 0.147 e. The molecule has 0 amide bonds. The van der Waals surface area contributed by atoms with E-state index in [9.17, 15) is 4.39 Å². The van der Waals surface area contributed by atoms with Gasteiger partial charge in [0.2, 0.25) is 0 Å². The van der Waals surface area contributed by atoms with Gasteiger partial charge in [-0.1, -0.05) is 0 Å². The van der Waals surface area contributed by atoms with E-state index in [1.807, 2.05) is 0 Å².